The first-order valence-electron chi connectivity index (χ1n) is 9.80. The summed E-state index contributed by atoms with van der Waals surface area (Å²) in [6, 6.07) is 0. The van der Waals surface area contributed by atoms with Crippen molar-refractivity contribution in [2.75, 3.05) is 11.5 Å². The van der Waals surface area contributed by atoms with Crippen LogP contribution in [0.2, 0.25) is 0 Å². The van der Waals surface area contributed by atoms with E-state index in [1.807, 2.05) is 0 Å². The molecule has 0 saturated heterocycles. The summed E-state index contributed by atoms with van der Waals surface area (Å²) >= 11 is 0. The molecule has 0 rings (SSSR count). The third-order valence-corrected chi connectivity index (χ3v) is 6.59. The van der Waals surface area contributed by atoms with E-state index in [4.69, 9.17) is 0 Å². The van der Waals surface area contributed by atoms with Gasteiger partial charge in [0.15, 0.2) is 0 Å². The highest BCUT2D eigenvalue weighted by molar-refractivity contribution is 8.76. The molecular formula is C20H42S2. The minimum Gasteiger partial charge on any atom is -0.0942 e. The van der Waals surface area contributed by atoms with Gasteiger partial charge in [0.05, 0.1) is 0 Å². The molecule has 0 nitrogen and oxygen atoms in total. The highest BCUT2D eigenvalue weighted by atomic mass is 33.1. The molecule has 0 atom stereocenters. The lowest BCUT2D eigenvalue weighted by molar-refractivity contribution is 0.402. The summed E-state index contributed by atoms with van der Waals surface area (Å²) in [5, 5.41) is 0. The zero-order valence-electron chi connectivity index (χ0n) is 15.9. The van der Waals surface area contributed by atoms with Crippen molar-refractivity contribution in [3.8, 4) is 0 Å². The highest BCUT2D eigenvalue weighted by Crippen LogP contribution is 2.28. The maximum Gasteiger partial charge on any atom is 0.00419 e. The molecule has 0 aromatic carbocycles. The summed E-state index contributed by atoms with van der Waals surface area (Å²) < 4.78 is 0. The first kappa shape index (κ1) is 22.7. The van der Waals surface area contributed by atoms with Gasteiger partial charge in [-0.3, -0.25) is 0 Å². The Morgan fingerprint density at radius 3 is 1.41 bits per heavy atom. The monoisotopic (exact) mass is 346 g/mol. The number of hydrogen-bond donors (Lipinski definition) is 0. The predicted octanol–water partition coefficient (Wildman–Crippen LogP) is 8.51. The highest BCUT2D eigenvalue weighted by Gasteiger charge is 2.08. The Morgan fingerprint density at radius 2 is 0.955 bits per heavy atom. The summed E-state index contributed by atoms with van der Waals surface area (Å²) in [6.07, 6.45) is 18.8. The molecule has 0 unspecified atom stereocenters. The Morgan fingerprint density at radius 1 is 0.545 bits per heavy atom. The van der Waals surface area contributed by atoms with E-state index in [0.29, 0.717) is 5.41 Å². The summed E-state index contributed by atoms with van der Waals surface area (Å²) in [5.74, 6) is 2.67. The van der Waals surface area contributed by atoms with Crippen LogP contribution in [0.1, 0.15) is 111 Å². The van der Waals surface area contributed by atoms with Gasteiger partial charge in [-0.2, -0.15) is 0 Å². The molecule has 0 aliphatic carbocycles. The molecule has 0 fully saturated rings. The van der Waals surface area contributed by atoms with Crippen LogP contribution in [0.25, 0.3) is 0 Å². The Kier molecular flexibility index (Phi) is 17.1. The number of rotatable bonds is 16. The van der Waals surface area contributed by atoms with Gasteiger partial charge < -0.3 is 0 Å². The molecule has 0 aromatic rings. The van der Waals surface area contributed by atoms with E-state index in [2.05, 4.69) is 49.3 Å². The van der Waals surface area contributed by atoms with Crippen molar-refractivity contribution in [2.24, 2.45) is 5.41 Å². The fourth-order valence-electron chi connectivity index (χ4n) is 2.47. The van der Waals surface area contributed by atoms with Crippen LogP contribution in [-0.2, 0) is 0 Å². The molecule has 0 N–H and O–H groups in total. The summed E-state index contributed by atoms with van der Waals surface area (Å²) in [4.78, 5) is 0. The van der Waals surface area contributed by atoms with Gasteiger partial charge in [-0.25, -0.2) is 0 Å². The molecule has 0 spiro atoms. The Hall–Kier alpha value is 0.700. The van der Waals surface area contributed by atoms with Crippen LogP contribution >= 0.6 is 21.6 Å². The van der Waals surface area contributed by atoms with E-state index in [0.717, 1.165) is 0 Å². The number of unbranched alkanes of at least 4 members (excludes halogenated alkanes) is 11. The van der Waals surface area contributed by atoms with Crippen molar-refractivity contribution in [1.29, 1.82) is 0 Å². The molecule has 134 valence electrons. The molecule has 2 heteroatoms. The maximum absolute atomic E-state index is 2.34. The van der Waals surface area contributed by atoms with Gasteiger partial charge in [-0.15, -0.1) is 0 Å². The first-order chi connectivity index (χ1) is 10.6. The van der Waals surface area contributed by atoms with Crippen molar-refractivity contribution in [3.63, 3.8) is 0 Å². The zero-order chi connectivity index (χ0) is 16.5. The molecule has 0 bridgehead atoms. The van der Waals surface area contributed by atoms with E-state index in [1.165, 1.54) is 95.0 Å². The van der Waals surface area contributed by atoms with Crippen LogP contribution in [0.5, 0.6) is 0 Å². The molecule has 0 aromatic heterocycles. The van der Waals surface area contributed by atoms with E-state index in [-0.39, 0.29) is 0 Å². The Bertz CT molecular complexity index is 208. The molecule has 0 heterocycles. The second-order valence-electron chi connectivity index (χ2n) is 7.84. The lowest BCUT2D eigenvalue weighted by atomic mass is 9.94. The van der Waals surface area contributed by atoms with E-state index in [1.54, 1.807) is 0 Å². The van der Waals surface area contributed by atoms with Crippen molar-refractivity contribution < 1.29 is 0 Å². The lowest BCUT2D eigenvalue weighted by Crippen LogP contribution is -2.05. The normalized spacial score (nSPS) is 12.0. The van der Waals surface area contributed by atoms with Gasteiger partial charge in [0, 0.05) is 11.5 Å². The van der Waals surface area contributed by atoms with Crippen molar-refractivity contribution >= 4 is 21.6 Å². The minimum atomic E-state index is 0.504. The predicted molar refractivity (Wildman–Crippen MR) is 110 cm³/mol. The summed E-state index contributed by atoms with van der Waals surface area (Å²) in [5.41, 5.74) is 0.504. The molecule has 0 amide bonds. The fraction of sp³-hybridized carbons (Fsp3) is 1.00. The van der Waals surface area contributed by atoms with E-state index in [9.17, 15) is 0 Å². The smallest absolute Gasteiger partial charge is 0.00419 e. The summed E-state index contributed by atoms with van der Waals surface area (Å²) in [7, 11) is 4.17. The maximum atomic E-state index is 2.34. The zero-order valence-corrected chi connectivity index (χ0v) is 17.6. The van der Waals surface area contributed by atoms with Crippen LogP contribution < -0.4 is 0 Å². The van der Waals surface area contributed by atoms with Crippen LogP contribution in [0.3, 0.4) is 0 Å². The SMILES string of the molecule is CCCCCCCCCCCCCCSSCCC(C)(C)C. The molecule has 0 aliphatic rings. The molecular weight excluding hydrogens is 304 g/mol. The van der Waals surface area contributed by atoms with Crippen molar-refractivity contribution in [2.45, 2.75) is 111 Å². The van der Waals surface area contributed by atoms with Gasteiger partial charge in [-0.1, -0.05) is 120 Å². The van der Waals surface area contributed by atoms with Crippen LogP contribution in [0.15, 0.2) is 0 Å². The Balaban J connectivity index is 3.00. The van der Waals surface area contributed by atoms with Crippen molar-refractivity contribution in [1.82, 2.24) is 0 Å². The molecule has 0 saturated carbocycles. The molecule has 0 radical (unpaired) electrons. The minimum absolute atomic E-state index is 0.504. The summed E-state index contributed by atoms with van der Waals surface area (Å²) in [6.45, 7) is 9.30. The third kappa shape index (κ3) is 20.7. The van der Waals surface area contributed by atoms with Crippen LogP contribution in [0.4, 0.5) is 0 Å². The standard InChI is InChI=1S/C20H42S2/c1-5-6-7-8-9-10-11-12-13-14-15-16-18-21-22-19-17-20(2,3)4/h5-19H2,1-4H3. The van der Waals surface area contributed by atoms with Gasteiger partial charge in [0.1, 0.15) is 0 Å². The quantitative estimate of drug-likeness (QED) is 0.203. The van der Waals surface area contributed by atoms with Crippen molar-refractivity contribution in [3.05, 3.63) is 0 Å². The average molecular weight is 347 g/mol. The molecule has 22 heavy (non-hydrogen) atoms. The van der Waals surface area contributed by atoms with Gasteiger partial charge in [0.2, 0.25) is 0 Å². The fourth-order valence-corrected chi connectivity index (χ4v) is 5.03. The van der Waals surface area contributed by atoms with Crippen LogP contribution in [-0.4, -0.2) is 11.5 Å². The lowest BCUT2D eigenvalue weighted by Gasteiger charge is -2.16. The topological polar surface area (TPSA) is 0 Å². The number of hydrogen-bond acceptors (Lipinski definition) is 2. The second kappa shape index (κ2) is 16.6. The van der Waals surface area contributed by atoms with E-state index >= 15 is 0 Å². The van der Waals surface area contributed by atoms with Crippen LogP contribution in [0, 0.1) is 5.41 Å². The third-order valence-electron chi connectivity index (χ3n) is 4.10. The average Bonchev–Trinajstić information content (AvgIpc) is 2.45. The van der Waals surface area contributed by atoms with Gasteiger partial charge in [-0.05, 0) is 18.3 Å². The van der Waals surface area contributed by atoms with E-state index < -0.39 is 0 Å². The van der Waals surface area contributed by atoms with Gasteiger partial charge >= 0.3 is 0 Å². The molecule has 0 aliphatic heterocycles. The van der Waals surface area contributed by atoms with Gasteiger partial charge in [0.25, 0.3) is 0 Å². The largest absolute Gasteiger partial charge is 0.0942 e. The Labute approximate surface area is 149 Å². The first-order valence-corrected chi connectivity index (χ1v) is 12.3. The second-order valence-corrected chi connectivity index (χ2v) is 10.5.